The summed E-state index contributed by atoms with van der Waals surface area (Å²) in [5.74, 6) is -1.59. The fourth-order valence-electron chi connectivity index (χ4n) is 9.60. The number of nitrogens with zero attached hydrogens (tertiary/aromatic N) is 2. The lowest BCUT2D eigenvalue weighted by Gasteiger charge is -2.30. The van der Waals surface area contributed by atoms with Crippen LogP contribution in [0.4, 0.5) is 11.4 Å². The topological polar surface area (TPSA) is 325 Å². The van der Waals surface area contributed by atoms with Crippen LogP contribution in [-0.4, -0.2) is 119 Å². The summed E-state index contributed by atoms with van der Waals surface area (Å²) in [5, 5.41) is 9.26. The quantitative estimate of drug-likeness (QED) is 0.0220. The molecular weight excluding hydrogens is 1030 g/mol. The summed E-state index contributed by atoms with van der Waals surface area (Å²) in [5.41, 5.74) is 0.880. The second kappa shape index (κ2) is 20.4. The van der Waals surface area contributed by atoms with E-state index in [-0.39, 0.29) is 54.0 Å². The van der Waals surface area contributed by atoms with Crippen molar-refractivity contribution >= 4 is 95.2 Å². The van der Waals surface area contributed by atoms with E-state index in [1.165, 1.54) is 19.2 Å². The van der Waals surface area contributed by atoms with Gasteiger partial charge in [0.2, 0.25) is 5.69 Å². The van der Waals surface area contributed by atoms with Crippen molar-refractivity contribution in [1.82, 2.24) is 0 Å². The molecule has 0 saturated heterocycles. The van der Waals surface area contributed by atoms with E-state index in [0.29, 0.717) is 71.9 Å². The van der Waals surface area contributed by atoms with Gasteiger partial charge in [0.15, 0.2) is 5.71 Å². The molecule has 0 amide bonds. The van der Waals surface area contributed by atoms with E-state index in [4.69, 9.17) is 9.84 Å². The fourth-order valence-corrected chi connectivity index (χ4v) is 12.8. The Kier molecular flexibility index (Phi) is 15.8. The van der Waals surface area contributed by atoms with Gasteiger partial charge in [-0.3, -0.25) is 27.6 Å². The van der Waals surface area contributed by atoms with E-state index in [0.717, 1.165) is 12.1 Å². The van der Waals surface area contributed by atoms with Crippen LogP contribution in [0, 0.1) is 0 Å². The van der Waals surface area contributed by atoms with Gasteiger partial charge in [0.05, 0.1) is 27.6 Å². The lowest BCUT2D eigenvalue weighted by molar-refractivity contribution is -0.438. The molecule has 20 nitrogen and oxygen atoms in total. The maximum atomic E-state index is 12.6. The predicted octanol–water partition coefficient (Wildman–Crippen LogP) is 6.65. The molecule has 0 bridgehead atoms. The summed E-state index contributed by atoms with van der Waals surface area (Å²) >= 11 is 0. The van der Waals surface area contributed by atoms with Crippen molar-refractivity contribution in [1.29, 1.82) is 0 Å². The molecule has 0 aliphatic carbocycles. The van der Waals surface area contributed by atoms with Gasteiger partial charge in [-0.2, -0.15) is 46.7 Å². The molecular formula is C46H53N2O18S5+. The number of aliphatic carboxylic acids is 1. The van der Waals surface area contributed by atoms with Gasteiger partial charge in [0.25, 0.3) is 50.6 Å². The third-order valence-electron chi connectivity index (χ3n) is 12.6. The maximum Gasteiger partial charge on any atom is 0.303 e. The molecule has 6 N–H and O–H groups in total. The highest BCUT2D eigenvalue weighted by molar-refractivity contribution is 7.87. The van der Waals surface area contributed by atoms with Crippen LogP contribution in [0.2, 0.25) is 0 Å². The zero-order valence-electron chi connectivity index (χ0n) is 38.7. The number of methoxy groups -OCH3 is 1. The minimum atomic E-state index is -5.07. The fraction of sp³-hybridized carbons (Fsp3) is 0.348. The second-order valence-corrected chi connectivity index (χ2v) is 25.0. The van der Waals surface area contributed by atoms with Crippen molar-refractivity contribution in [2.45, 2.75) is 89.7 Å². The Bertz CT molecular complexity index is 3580. The molecule has 71 heavy (non-hydrogen) atoms. The first-order valence-corrected chi connectivity index (χ1v) is 29.1. The number of anilines is 1. The molecule has 0 fully saturated rings. The average Bonchev–Trinajstić information content (AvgIpc) is 3.61. The van der Waals surface area contributed by atoms with Crippen molar-refractivity contribution in [2.24, 2.45) is 0 Å². The first-order valence-electron chi connectivity index (χ1n) is 21.8. The number of hydrogen-bond acceptors (Lipinski definition) is 13. The highest BCUT2D eigenvalue weighted by atomic mass is 32.2. The number of fused-ring (bicyclic) bond motifs is 6. The summed E-state index contributed by atoms with van der Waals surface area (Å²) in [7, 11) is -23.0. The Morgan fingerprint density at radius 3 is 1.75 bits per heavy atom. The van der Waals surface area contributed by atoms with E-state index in [1.807, 2.05) is 23.3 Å². The number of ether oxygens (including phenoxy) is 1. The molecule has 384 valence electrons. The molecule has 25 heteroatoms. The summed E-state index contributed by atoms with van der Waals surface area (Å²) < 4.78 is 181. The lowest BCUT2D eigenvalue weighted by atomic mass is 9.75. The van der Waals surface area contributed by atoms with Crippen LogP contribution in [0.3, 0.4) is 0 Å². The van der Waals surface area contributed by atoms with Gasteiger partial charge in [-0.15, -0.1) is 0 Å². The maximum absolute atomic E-state index is 12.6. The van der Waals surface area contributed by atoms with Crippen LogP contribution in [0.25, 0.3) is 21.5 Å². The van der Waals surface area contributed by atoms with E-state index in [1.54, 1.807) is 61.6 Å². The van der Waals surface area contributed by atoms with Gasteiger partial charge in [0.1, 0.15) is 16.3 Å². The normalized spacial score (nSPS) is 18.3. The van der Waals surface area contributed by atoms with Gasteiger partial charge < -0.3 is 14.7 Å². The second-order valence-electron chi connectivity index (χ2n) is 17.8. The monoisotopic (exact) mass is 1080 g/mol. The van der Waals surface area contributed by atoms with Crippen molar-refractivity contribution in [3.05, 3.63) is 108 Å². The predicted molar refractivity (Wildman–Crippen MR) is 264 cm³/mol. The third kappa shape index (κ3) is 11.9. The smallest absolute Gasteiger partial charge is 0.303 e. The van der Waals surface area contributed by atoms with Gasteiger partial charge in [-0.1, -0.05) is 36.4 Å². The zero-order valence-corrected chi connectivity index (χ0v) is 42.8. The zero-order chi connectivity index (χ0) is 52.7. The molecule has 0 radical (unpaired) electrons. The minimum absolute atomic E-state index is 0.00826. The molecule has 0 aromatic heterocycles. The highest BCUT2D eigenvalue weighted by Crippen LogP contribution is 2.54. The molecule has 2 heterocycles. The van der Waals surface area contributed by atoms with Crippen LogP contribution < -0.4 is 4.90 Å². The number of carboxylic acids is 1. The molecule has 1 unspecified atom stereocenters. The van der Waals surface area contributed by atoms with Crippen molar-refractivity contribution < 1.29 is 84.1 Å². The van der Waals surface area contributed by atoms with Crippen LogP contribution in [-0.2, 0) is 71.0 Å². The van der Waals surface area contributed by atoms with E-state index in [2.05, 4.69) is 0 Å². The number of benzene rings is 4. The van der Waals surface area contributed by atoms with Gasteiger partial charge in [-0.05, 0) is 105 Å². The molecule has 2 aliphatic heterocycles. The van der Waals surface area contributed by atoms with Gasteiger partial charge in [0, 0.05) is 71.8 Å². The molecule has 0 spiro atoms. The molecule has 6 rings (SSSR count). The van der Waals surface area contributed by atoms with E-state index < -0.39 is 92.7 Å². The molecule has 2 aliphatic rings. The van der Waals surface area contributed by atoms with Crippen molar-refractivity contribution in [3.8, 4) is 0 Å². The number of carbonyl (C=O) groups is 1. The number of carboxylic acid groups (broad SMARTS) is 1. The first-order chi connectivity index (χ1) is 32.8. The van der Waals surface area contributed by atoms with E-state index in [9.17, 15) is 69.6 Å². The standard InChI is InChI=1S/C46H52N2O18S5/c1-45(2)40(47(22-12-8-11-16-42(49)50)36-19-17-32-34(43(36)45)26-30(68(54,55)56)28-38(32)70(60,61)62)14-9-6-5-7-10-15-41-46(3,21-13-25-67(51,52)53)44-35-27-31(69(57,58)59)29-39(71(63,64)65)33(35)18-20-37(44)48(41)23-24-66-4/h5-7,9-10,14-15,17-20,26-29H,8,11-13,16,21-25H2,1-4H3,(H5-,49,50,51,52,53,54,55,56,57,58,59,60,61,62,63,64,65)/p+1. The summed E-state index contributed by atoms with van der Waals surface area (Å²) in [6.45, 7) is 6.10. The Balaban J connectivity index is 1.44. The molecule has 1 atom stereocenters. The highest BCUT2D eigenvalue weighted by Gasteiger charge is 2.47. The number of allylic oxidation sites excluding steroid dienone is 8. The Morgan fingerprint density at radius 1 is 0.662 bits per heavy atom. The largest absolute Gasteiger partial charge is 0.481 e. The Labute approximate surface area is 412 Å². The lowest BCUT2D eigenvalue weighted by Crippen LogP contribution is -2.31. The van der Waals surface area contributed by atoms with Crippen LogP contribution in [0.1, 0.15) is 70.4 Å². The molecule has 0 saturated carbocycles. The van der Waals surface area contributed by atoms with Gasteiger partial charge >= 0.3 is 5.97 Å². The minimum Gasteiger partial charge on any atom is -0.481 e. The summed E-state index contributed by atoms with van der Waals surface area (Å²) in [4.78, 5) is 9.93. The Morgan fingerprint density at radius 2 is 1.21 bits per heavy atom. The number of hydrogen-bond donors (Lipinski definition) is 6. The van der Waals surface area contributed by atoms with Crippen LogP contribution in [0.15, 0.2) is 116 Å². The third-order valence-corrected chi connectivity index (χ3v) is 16.9. The molecule has 4 aromatic carbocycles. The van der Waals surface area contributed by atoms with Crippen molar-refractivity contribution in [3.63, 3.8) is 0 Å². The number of unbranched alkanes of at least 4 members (excludes halogenated alkanes) is 2. The summed E-state index contributed by atoms with van der Waals surface area (Å²) in [6.07, 6.45) is 13.3. The van der Waals surface area contributed by atoms with Crippen molar-refractivity contribution in [2.75, 3.05) is 37.5 Å². The average molecular weight is 1080 g/mol. The van der Waals surface area contributed by atoms with Crippen LogP contribution in [0.5, 0.6) is 0 Å². The number of rotatable bonds is 21. The SMILES string of the molecule is COCCN1C(=CC=CC=CC=CC2=[N+](CCCCCC(=O)O)c3ccc4c(S(=O)(=O)O)cc(S(=O)(=O)O)cc4c3C2(C)C)C(C)(CCCS(=O)(=O)O)c2c1ccc1c(S(=O)(=O)O)cc(S(=O)(=O)O)cc21. The molecule has 4 aromatic rings. The van der Waals surface area contributed by atoms with Crippen LogP contribution >= 0.6 is 0 Å². The van der Waals surface area contributed by atoms with E-state index >= 15 is 0 Å². The van der Waals surface area contributed by atoms with Gasteiger partial charge in [-0.25, -0.2) is 0 Å². The first kappa shape index (κ1) is 55.1. The Hall–Kier alpha value is -5.19. The summed E-state index contributed by atoms with van der Waals surface area (Å²) in [6, 6.07) is 9.53.